The molecule has 0 radical (unpaired) electrons. The molecule has 6 heteroatoms. The molecule has 0 aliphatic carbocycles. The van der Waals surface area contributed by atoms with Gasteiger partial charge in [-0.25, -0.2) is 9.97 Å². The lowest BCUT2D eigenvalue weighted by atomic mass is 10.4. The van der Waals surface area contributed by atoms with Gasteiger partial charge in [-0.2, -0.15) is 0 Å². The van der Waals surface area contributed by atoms with Gasteiger partial charge in [0.25, 0.3) is 0 Å². The molecule has 5 nitrogen and oxygen atoms in total. The van der Waals surface area contributed by atoms with Crippen molar-refractivity contribution in [3.63, 3.8) is 0 Å². The highest BCUT2D eigenvalue weighted by atomic mass is 32.2. The maximum atomic E-state index is 11.1. The van der Waals surface area contributed by atoms with Crippen molar-refractivity contribution in [1.82, 2.24) is 19.9 Å². The van der Waals surface area contributed by atoms with E-state index in [1.807, 2.05) is 23.7 Å². The minimum absolute atomic E-state index is 0.00925. The fourth-order valence-electron chi connectivity index (χ4n) is 1.33. The molecule has 2 rings (SSSR count). The zero-order chi connectivity index (χ0) is 11.5. The van der Waals surface area contributed by atoms with Crippen LogP contribution in [0.1, 0.15) is 0 Å². The Kier molecular flexibility index (Phi) is 3.09. The van der Waals surface area contributed by atoms with Crippen molar-refractivity contribution in [3.05, 3.63) is 18.3 Å². The Hall–Kier alpha value is -1.56. The van der Waals surface area contributed by atoms with Crippen LogP contribution in [-0.4, -0.2) is 33.2 Å². The molecule has 16 heavy (non-hydrogen) atoms. The Bertz CT molecular complexity index is 523. The Balaban J connectivity index is 2.24. The number of hydrogen-bond donors (Lipinski definition) is 1. The topological polar surface area (TPSA) is 59.8 Å². The lowest BCUT2D eigenvalue weighted by molar-refractivity contribution is -0.118. The van der Waals surface area contributed by atoms with E-state index in [2.05, 4.69) is 15.3 Å². The number of carbonyl (C=O) groups is 1. The molecule has 0 unspecified atom stereocenters. The van der Waals surface area contributed by atoms with Crippen molar-refractivity contribution in [2.45, 2.75) is 5.16 Å². The first-order chi connectivity index (χ1) is 7.72. The highest BCUT2D eigenvalue weighted by Gasteiger charge is 2.09. The third kappa shape index (κ3) is 2.01. The van der Waals surface area contributed by atoms with E-state index in [9.17, 15) is 4.79 Å². The maximum absolute atomic E-state index is 11.1. The number of imidazole rings is 1. The van der Waals surface area contributed by atoms with Crippen LogP contribution in [0.25, 0.3) is 11.2 Å². The van der Waals surface area contributed by atoms with Gasteiger partial charge >= 0.3 is 0 Å². The molecule has 0 fully saturated rings. The summed E-state index contributed by atoms with van der Waals surface area (Å²) in [5, 5.41) is 3.38. The van der Waals surface area contributed by atoms with Crippen molar-refractivity contribution < 1.29 is 4.79 Å². The quantitative estimate of drug-likeness (QED) is 0.801. The fourth-order valence-corrected chi connectivity index (χ4v) is 2.18. The Labute approximate surface area is 97.3 Å². The smallest absolute Gasteiger partial charge is 0.230 e. The largest absolute Gasteiger partial charge is 0.358 e. The average Bonchev–Trinajstić information content (AvgIpc) is 2.64. The van der Waals surface area contributed by atoms with Crippen LogP contribution in [0, 0.1) is 0 Å². The van der Waals surface area contributed by atoms with Gasteiger partial charge < -0.3 is 9.88 Å². The molecule has 0 aliphatic heterocycles. The number of aromatic nitrogens is 3. The molecule has 1 amide bonds. The van der Waals surface area contributed by atoms with Crippen LogP contribution in [0.5, 0.6) is 0 Å². The predicted octanol–water partition coefficient (Wildman–Crippen LogP) is 0.806. The standard InChI is InChI=1S/C10H12N4OS/c1-11-8(15)6-16-10-13-7-4-3-5-12-9(7)14(10)2/h3-5H,6H2,1-2H3,(H,11,15). The molecule has 0 saturated heterocycles. The van der Waals surface area contributed by atoms with Gasteiger partial charge in [0.2, 0.25) is 5.91 Å². The summed E-state index contributed by atoms with van der Waals surface area (Å²) in [7, 11) is 3.52. The molecule has 2 aromatic rings. The minimum atomic E-state index is -0.00925. The van der Waals surface area contributed by atoms with Crippen LogP contribution >= 0.6 is 11.8 Å². The van der Waals surface area contributed by atoms with Gasteiger partial charge in [0, 0.05) is 20.3 Å². The maximum Gasteiger partial charge on any atom is 0.230 e. The molecule has 0 atom stereocenters. The molecular formula is C10H12N4OS. The molecule has 0 saturated carbocycles. The van der Waals surface area contributed by atoms with Crippen LogP contribution in [0.4, 0.5) is 0 Å². The van der Waals surface area contributed by atoms with Crippen LogP contribution in [-0.2, 0) is 11.8 Å². The van der Waals surface area contributed by atoms with Gasteiger partial charge in [-0.05, 0) is 12.1 Å². The van der Waals surface area contributed by atoms with Crippen molar-refractivity contribution in [2.75, 3.05) is 12.8 Å². The predicted molar refractivity (Wildman–Crippen MR) is 63.3 cm³/mol. The van der Waals surface area contributed by atoms with Crippen molar-refractivity contribution >= 4 is 28.8 Å². The summed E-state index contributed by atoms with van der Waals surface area (Å²) in [4.78, 5) is 19.8. The van der Waals surface area contributed by atoms with Crippen molar-refractivity contribution in [3.8, 4) is 0 Å². The number of amides is 1. The van der Waals surface area contributed by atoms with E-state index in [-0.39, 0.29) is 5.91 Å². The molecule has 0 aliphatic rings. The molecule has 2 heterocycles. The Morgan fingerprint density at radius 3 is 3.12 bits per heavy atom. The number of rotatable bonds is 3. The number of fused-ring (bicyclic) bond motifs is 1. The second-order valence-electron chi connectivity index (χ2n) is 3.26. The van der Waals surface area contributed by atoms with Crippen LogP contribution in [0.3, 0.4) is 0 Å². The number of pyridine rings is 1. The SMILES string of the molecule is CNC(=O)CSc1nc2cccnc2n1C. The highest BCUT2D eigenvalue weighted by molar-refractivity contribution is 7.99. The number of carbonyl (C=O) groups excluding carboxylic acids is 1. The van der Waals surface area contributed by atoms with Gasteiger partial charge in [-0.1, -0.05) is 11.8 Å². The summed E-state index contributed by atoms with van der Waals surface area (Å²) in [5.41, 5.74) is 1.69. The van der Waals surface area contributed by atoms with Gasteiger partial charge in [0.15, 0.2) is 10.8 Å². The van der Waals surface area contributed by atoms with E-state index < -0.39 is 0 Å². The first kappa shape index (κ1) is 10.9. The molecule has 2 aromatic heterocycles. The lowest BCUT2D eigenvalue weighted by Crippen LogP contribution is -2.19. The number of thioether (sulfide) groups is 1. The van der Waals surface area contributed by atoms with Crippen LogP contribution < -0.4 is 5.32 Å². The van der Waals surface area contributed by atoms with E-state index in [0.29, 0.717) is 5.75 Å². The van der Waals surface area contributed by atoms with E-state index >= 15 is 0 Å². The van der Waals surface area contributed by atoms with Gasteiger partial charge in [-0.3, -0.25) is 4.79 Å². The Morgan fingerprint density at radius 1 is 1.62 bits per heavy atom. The van der Waals surface area contributed by atoms with Gasteiger partial charge in [-0.15, -0.1) is 0 Å². The fraction of sp³-hybridized carbons (Fsp3) is 0.300. The zero-order valence-electron chi connectivity index (χ0n) is 9.10. The molecule has 0 spiro atoms. The number of aryl methyl sites for hydroxylation is 1. The molecular weight excluding hydrogens is 224 g/mol. The normalized spacial score (nSPS) is 10.6. The van der Waals surface area contributed by atoms with E-state index in [0.717, 1.165) is 16.3 Å². The second-order valence-corrected chi connectivity index (χ2v) is 4.20. The summed E-state index contributed by atoms with van der Waals surface area (Å²) < 4.78 is 1.89. The van der Waals surface area contributed by atoms with Gasteiger partial charge in [0.1, 0.15) is 5.52 Å². The van der Waals surface area contributed by atoms with Crippen molar-refractivity contribution in [1.29, 1.82) is 0 Å². The third-order valence-electron chi connectivity index (χ3n) is 2.20. The van der Waals surface area contributed by atoms with E-state index in [1.54, 1.807) is 13.2 Å². The van der Waals surface area contributed by atoms with E-state index in [1.165, 1.54) is 11.8 Å². The van der Waals surface area contributed by atoms with Gasteiger partial charge in [0.05, 0.1) is 5.75 Å². The van der Waals surface area contributed by atoms with Crippen LogP contribution in [0.2, 0.25) is 0 Å². The molecule has 84 valence electrons. The third-order valence-corrected chi connectivity index (χ3v) is 3.23. The number of nitrogens with zero attached hydrogens (tertiary/aromatic N) is 3. The zero-order valence-corrected chi connectivity index (χ0v) is 9.91. The summed E-state index contributed by atoms with van der Waals surface area (Å²) >= 11 is 1.41. The summed E-state index contributed by atoms with van der Waals surface area (Å²) in [6, 6.07) is 3.76. The summed E-state index contributed by atoms with van der Waals surface area (Å²) in [6.07, 6.45) is 1.73. The molecule has 0 bridgehead atoms. The first-order valence-corrected chi connectivity index (χ1v) is 5.81. The number of hydrogen-bond acceptors (Lipinski definition) is 4. The second kappa shape index (κ2) is 4.52. The van der Waals surface area contributed by atoms with Crippen molar-refractivity contribution in [2.24, 2.45) is 7.05 Å². The monoisotopic (exact) mass is 236 g/mol. The van der Waals surface area contributed by atoms with Crippen LogP contribution in [0.15, 0.2) is 23.5 Å². The summed E-state index contributed by atoms with van der Waals surface area (Å²) in [6.45, 7) is 0. The average molecular weight is 236 g/mol. The highest BCUT2D eigenvalue weighted by Crippen LogP contribution is 2.20. The summed E-state index contributed by atoms with van der Waals surface area (Å²) in [5.74, 6) is 0.359. The molecule has 0 aromatic carbocycles. The first-order valence-electron chi connectivity index (χ1n) is 4.83. The Morgan fingerprint density at radius 2 is 2.44 bits per heavy atom. The minimum Gasteiger partial charge on any atom is -0.358 e. The number of nitrogens with one attached hydrogen (secondary N) is 1. The molecule has 1 N–H and O–H groups in total. The van der Waals surface area contributed by atoms with E-state index in [4.69, 9.17) is 0 Å². The lowest BCUT2D eigenvalue weighted by Gasteiger charge is -2.00.